The van der Waals surface area contributed by atoms with Crippen molar-refractivity contribution in [3.63, 3.8) is 0 Å². The van der Waals surface area contributed by atoms with Crippen molar-refractivity contribution in [1.29, 1.82) is 0 Å². The van der Waals surface area contributed by atoms with E-state index in [-0.39, 0.29) is 6.04 Å². The second-order valence-corrected chi connectivity index (χ2v) is 7.64. The van der Waals surface area contributed by atoms with Crippen molar-refractivity contribution in [3.8, 4) is 0 Å². The van der Waals surface area contributed by atoms with Crippen molar-refractivity contribution in [2.75, 3.05) is 13.1 Å². The molecule has 0 spiro atoms. The lowest BCUT2D eigenvalue weighted by Crippen LogP contribution is -2.55. The smallest absolute Gasteiger partial charge is 0.0700 e. The van der Waals surface area contributed by atoms with Gasteiger partial charge in [0, 0.05) is 25.0 Å². The molecule has 4 unspecified atom stereocenters. The van der Waals surface area contributed by atoms with Crippen LogP contribution in [0.2, 0.25) is 0 Å². The predicted octanol–water partition coefficient (Wildman–Crippen LogP) is 3.15. The summed E-state index contributed by atoms with van der Waals surface area (Å²) in [6, 6.07) is 2.70. The van der Waals surface area contributed by atoms with E-state index >= 15 is 0 Å². The van der Waals surface area contributed by atoms with Gasteiger partial charge < -0.3 is 10.8 Å². The fourth-order valence-electron chi connectivity index (χ4n) is 4.24. The molecule has 3 nitrogen and oxygen atoms in total. The maximum absolute atomic E-state index is 10.9. The second-order valence-electron chi connectivity index (χ2n) is 6.86. The van der Waals surface area contributed by atoms with Crippen LogP contribution in [0.3, 0.4) is 0 Å². The maximum atomic E-state index is 10.9. The minimum Gasteiger partial charge on any atom is -0.390 e. The molecule has 3 N–H and O–H groups in total. The van der Waals surface area contributed by atoms with Gasteiger partial charge in [0.1, 0.15) is 0 Å². The minimum absolute atomic E-state index is 0.175. The minimum atomic E-state index is -0.399. The van der Waals surface area contributed by atoms with E-state index in [1.165, 1.54) is 24.8 Å². The molecule has 4 heteroatoms. The first-order valence-electron chi connectivity index (χ1n) is 8.38. The Balaban J connectivity index is 1.78. The number of rotatable bonds is 4. The molecule has 0 amide bonds. The summed E-state index contributed by atoms with van der Waals surface area (Å²) in [7, 11) is 0. The van der Waals surface area contributed by atoms with Gasteiger partial charge in [-0.05, 0) is 48.1 Å². The number of aliphatic hydroxyl groups is 1. The SMILES string of the molecule is CCC(N)C(c1ccsc1)N1CCC2(O)CCCCC2C1. The van der Waals surface area contributed by atoms with Crippen molar-refractivity contribution in [3.05, 3.63) is 22.4 Å². The molecule has 118 valence electrons. The van der Waals surface area contributed by atoms with Crippen molar-refractivity contribution in [2.45, 2.75) is 63.1 Å². The molecule has 0 radical (unpaired) electrons. The van der Waals surface area contributed by atoms with Gasteiger partial charge in [-0.2, -0.15) is 11.3 Å². The number of fused-ring (bicyclic) bond motifs is 1. The molecule has 2 fully saturated rings. The van der Waals surface area contributed by atoms with Gasteiger partial charge in [0.2, 0.25) is 0 Å². The van der Waals surface area contributed by atoms with Crippen molar-refractivity contribution < 1.29 is 5.11 Å². The number of thiophene rings is 1. The van der Waals surface area contributed by atoms with E-state index < -0.39 is 5.60 Å². The molecule has 1 aliphatic heterocycles. The standard InChI is InChI=1S/C17H28N2OS/c1-2-15(18)16(13-6-10-21-12-13)19-9-8-17(20)7-4-3-5-14(17)11-19/h6,10,12,14-16,20H,2-5,7-9,11,18H2,1H3. The van der Waals surface area contributed by atoms with Crippen LogP contribution < -0.4 is 5.73 Å². The Kier molecular flexibility index (Phi) is 4.69. The molecule has 3 rings (SSSR count). The van der Waals surface area contributed by atoms with Crippen LogP contribution in [0.15, 0.2) is 16.8 Å². The highest BCUT2D eigenvalue weighted by Gasteiger charge is 2.44. The molecule has 0 bridgehead atoms. The Labute approximate surface area is 132 Å². The molecule has 2 aliphatic rings. The molecule has 1 saturated carbocycles. The first kappa shape index (κ1) is 15.5. The van der Waals surface area contributed by atoms with Gasteiger partial charge in [0.05, 0.1) is 11.6 Å². The highest BCUT2D eigenvalue weighted by atomic mass is 32.1. The van der Waals surface area contributed by atoms with Crippen molar-refractivity contribution in [2.24, 2.45) is 11.7 Å². The average molecular weight is 308 g/mol. The van der Waals surface area contributed by atoms with Crippen molar-refractivity contribution in [1.82, 2.24) is 4.90 Å². The van der Waals surface area contributed by atoms with Gasteiger partial charge in [-0.15, -0.1) is 0 Å². The third-order valence-electron chi connectivity index (χ3n) is 5.61. The summed E-state index contributed by atoms with van der Waals surface area (Å²) in [4.78, 5) is 2.54. The zero-order valence-corrected chi connectivity index (χ0v) is 13.8. The topological polar surface area (TPSA) is 49.5 Å². The monoisotopic (exact) mass is 308 g/mol. The Morgan fingerprint density at radius 2 is 2.33 bits per heavy atom. The fourth-order valence-corrected chi connectivity index (χ4v) is 4.93. The number of likely N-dealkylation sites (tertiary alicyclic amines) is 1. The first-order valence-corrected chi connectivity index (χ1v) is 9.32. The first-order chi connectivity index (χ1) is 10.1. The molecular weight excluding hydrogens is 280 g/mol. The molecule has 21 heavy (non-hydrogen) atoms. The van der Waals surface area contributed by atoms with Gasteiger partial charge in [0.25, 0.3) is 0 Å². The second kappa shape index (κ2) is 6.37. The fraction of sp³-hybridized carbons (Fsp3) is 0.765. The number of hydrogen-bond donors (Lipinski definition) is 2. The number of piperidine rings is 1. The average Bonchev–Trinajstić information content (AvgIpc) is 3.01. The Hall–Kier alpha value is -0.420. The Morgan fingerprint density at radius 1 is 1.48 bits per heavy atom. The molecular formula is C17H28N2OS. The van der Waals surface area contributed by atoms with Crippen LogP contribution in [-0.4, -0.2) is 34.7 Å². The lowest BCUT2D eigenvalue weighted by molar-refractivity contribution is -0.104. The van der Waals surface area contributed by atoms with E-state index in [1.54, 1.807) is 11.3 Å². The number of nitrogens with two attached hydrogens (primary N) is 1. The highest BCUT2D eigenvalue weighted by molar-refractivity contribution is 7.07. The van der Waals surface area contributed by atoms with Crippen LogP contribution in [-0.2, 0) is 0 Å². The summed E-state index contributed by atoms with van der Waals surface area (Å²) in [6.45, 7) is 4.15. The van der Waals surface area contributed by atoms with E-state index in [9.17, 15) is 5.11 Å². The summed E-state index contributed by atoms with van der Waals surface area (Å²) in [5, 5.41) is 15.2. The largest absolute Gasteiger partial charge is 0.390 e. The van der Waals surface area contributed by atoms with Gasteiger partial charge in [-0.25, -0.2) is 0 Å². The molecule has 4 atom stereocenters. The van der Waals surface area contributed by atoms with E-state index in [4.69, 9.17) is 5.73 Å². The quantitative estimate of drug-likeness (QED) is 0.898. The van der Waals surface area contributed by atoms with Gasteiger partial charge >= 0.3 is 0 Å². The van der Waals surface area contributed by atoms with E-state index in [2.05, 4.69) is 28.7 Å². The van der Waals surface area contributed by atoms with E-state index in [0.717, 1.165) is 32.4 Å². The maximum Gasteiger partial charge on any atom is 0.0700 e. The lowest BCUT2D eigenvalue weighted by atomic mass is 9.70. The zero-order valence-electron chi connectivity index (χ0n) is 13.0. The zero-order chi connectivity index (χ0) is 14.9. The molecule has 1 aliphatic carbocycles. The summed E-state index contributed by atoms with van der Waals surface area (Å²) < 4.78 is 0. The summed E-state index contributed by atoms with van der Waals surface area (Å²) >= 11 is 1.75. The van der Waals surface area contributed by atoms with Crippen LogP contribution in [0, 0.1) is 5.92 Å². The van der Waals surface area contributed by atoms with Crippen LogP contribution >= 0.6 is 11.3 Å². The predicted molar refractivity (Wildman–Crippen MR) is 88.4 cm³/mol. The normalized spacial score (nSPS) is 33.4. The van der Waals surface area contributed by atoms with E-state index in [0.29, 0.717) is 12.0 Å². The summed E-state index contributed by atoms with van der Waals surface area (Å²) in [5.41, 5.74) is 7.40. The van der Waals surface area contributed by atoms with Gasteiger partial charge in [-0.3, -0.25) is 4.90 Å². The van der Waals surface area contributed by atoms with Gasteiger partial charge in [-0.1, -0.05) is 19.8 Å². The van der Waals surface area contributed by atoms with E-state index in [1.807, 2.05) is 0 Å². The third kappa shape index (κ3) is 3.04. The van der Waals surface area contributed by atoms with Crippen LogP contribution in [0.25, 0.3) is 0 Å². The van der Waals surface area contributed by atoms with Crippen LogP contribution in [0.5, 0.6) is 0 Å². The molecule has 2 heterocycles. The molecule has 1 aromatic heterocycles. The summed E-state index contributed by atoms with van der Waals surface area (Å²) in [6.07, 6.45) is 6.53. The van der Waals surface area contributed by atoms with Crippen LogP contribution in [0.4, 0.5) is 0 Å². The summed E-state index contributed by atoms with van der Waals surface area (Å²) in [5.74, 6) is 0.435. The molecule has 1 aromatic rings. The molecule has 1 saturated heterocycles. The third-order valence-corrected chi connectivity index (χ3v) is 6.32. The number of hydrogen-bond acceptors (Lipinski definition) is 4. The Morgan fingerprint density at radius 3 is 3.05 bits per heavy atom. The van der Waals surface area contributed by atoms with Crippen LogP contribution in [0.1, 0.15) is 57.1 Å². The highest BCUT2D eigenvalue weighted by Crippen LogP contribution is 2.42. The lowest BCUT2D eigenvalue weighted by Gasteiger charge is -2.50. The molecule has 0 aromatic carbocycles. The van der Waals surface area contributed by atoms with Crippen molar-refractivity contribution >= 4 is 11.3 Å². The van der Waals surface area contributed by atoms with Gasteiger partial charge in [0.15, 0.2) is 0 Å². The Bertz CT molecular complexity index is 450. The number of nitrogens with zero attached hydrogens (tertiary/aromatic N) is 1.